The van der Waals surface area contributed by atoms with Crippen LogP contribution in [0.25, 0.3) is 60.1 Å². The molecule has 0 aliphatic carbocycles. The molecule has 0 radical (unpaired) electrons. The number of rotatable bonds is 8. The standard InChI is InChI=1S/C44H44/c1-7-30(5)21-26-35(31(6)8-2)32-22-24-33(25-23-32)43-38-17-11-13-19-40(38)44(41-20-14-12-18-39(41)43)42-28-27-34(29(3)4)36-15-9-10-16-37(36)42/h9-29,31H,7-8H2,1-6H3/b30-21-,35-26+. The third kappa shape index (κ3) is 5.39. The van der Waals surface area contributed by atoms with Crippen molar-refractivity contribution in [2.24, 2.45) is 5.92 Å². The van der Waals surface area contributed by atoms with Crippen molar-refractivity contribution in [2.75, 3.05) is 0 Å². The van der Waals surface area contributed by atoms with Crippen molar-refractivity contribution < 1.29 is 0 Å². The third-order valence-corrected chi connectivity index (χ3v) is 9.54. The van der Waals surface area contributed by atoms with Crippen LogP contribution in [0.2, 0.25) is 0 Å². The third-order valence-electron chi connectivity index (χ3n) is 9.54. The van der Waals surface area contributed by atoms with E-state index < -0.39 is 0 Å². The maximum Gasteiger partial charge on any atom is -0.00201 e. The van der Waals surface area contributed by atoms with E-state index in [1.165, 1.54) is 76.8 Å². The van der Waals surface area contributed by atoms with Gasteiger partial charge in [-0.2, -0.15) is 0 Å². The molecule has 0 bridgehead atoms. The predicted octanol–water partition coefficient (Wildman–Crippen LogP) is 13.4. The van der Waals surface area contributed by atoms with Crippen LogP contribution >= 0.6 is 0 Å². The molecule has 0 aliphatic rings. The summed E-state index contributed by atoms with van der Waals surface area (Å²) in [6, 6.07) is 41.0. The van der Waals surface area contributed by atoms with Crippen molar-refractivity contribution >= 4 is 37.9 Å². The van der Waals surface area contributed by atoms with Gasteiger partial charge in [0.05, 0.1) is 0 Å². The number of fused-ring (bicyclic) bond motifs is 3. The number of hydrogen-bond donors (Lipinski definition) is 0. The fourth-order valence-electron chi connectivity index (χ4n) is 6.72. The van der Waals surface area contributed by atoms with Gasteiger partial charge in [-0.3, -0.25) is 0 Å². The van der Waals surface area contributed by atoms with Gasteiger partial charge in [-0.05, 0) is 103 Å². The Labute approximate surface area is 263 Å². The molecule has 220 valence electrons. The van der Waals surface area contributed by atoms with Crippen LogP contribution in [0.5, 0.6) is 0 Å². The van der Waals surface area contributed by atoms with Crippen LogP contribution in [0.3, 0.4) is 0 Å². The molecule has 1 atom stereocenters. The summed E-state index contributed by atoms with van der Waals surface area (Å²) in [7, 11) is 0. The Balaban J connectivity index is 1.59. The normalized spacial score (nSPS) is 13.3. The first-order valence-electron chi connectivity index (χ1n) is 16.4. The van der Waals surface area contributed by atoms with Crippen molar-refractivity contribution in [2.45, 2.75) is 60.3 Å². The van der Waals surface area contributed by atoms with Crippen molar-refractivity contribution in [1.82, 2.24) is 0 Å². The summed E-state index contributed by atoms with van der Waals surface area (Å²) in [4.78, 5) is 0. The minimum atomic E-state index is 0.468. The van der Waals surface area contributed by atoms with Crippen LogP contribution in [-0.2, 0) is 0 Å². The Hall–Kier alpha value is -4.42. The molecular weight excluding hydrogens is 528 g/mol. The molecule has 0 aliphatic heterocycles. The molecule has 0 fully saturated rings. The van der Waals surface area contributed by atoms with E-state index in [1.54, 1.807) is 0 Å². The maximum absolute atomic E-state index is 2.36. The molecule has 0 amide bonds. The minimum absolute atomic E-state index is 0.468. The van der Waals surface area contributed by atoms with Gasteiger partial charge in [0.1, 0.15) is 0 Å². The fourth-order valence-corrected chi connectivity index (χ4v) is 6.72. The lowest BCUT2D eigenvalue weighted by Crippen LogP contribution is -1.98. The van der Waals surface area contributed by atoms with E-state index in [9.17, 15) is 0 Å². The molecule has 0 N–H and O–H groups in total. The van der Waals surface area contributed by atoms with Gasteiger partial charge in [-0.1, -0.05) is 162 Å². The Morgan fingerprint density at radius 3 is 1.61 bits per heavy atom. The molecule has 0 saturated heterocycles. The lowest BCUT2D eigenvalue weighted by Gasteiger charge is -2.20. The molecule has 44 heavy (non-hydrogen) atoms. The fraction of sp³-hybridized carbons (Fsp3) is 0.227. The van der Waals surface area contributed by atoms with Crippen LogP contribution in [0.1, 0.15) is 71.4 Å². The minimum Gasteiger partial charge on any atom is -0.0736 e. The molecule has 6 rings (SSSR count). The first kappa shape index (κ1) is 29.6. The predicted molar refractivity (Wildman–Crippen MR) is 195 cm³/mol. The van der Waals surface area contributed by atoms with Gasteiger partial charge in [0.25, 0.3) is 0 Å². The van der Waals surface area contributed by atoms with Gasteiger partial charge in [0, 0.05) is 0 Å². The van der Waals surface area contributed by atoms with Crippen LogP contribution in [0, 0.1) is 5.92 Å². The van der Waals surface area contributed by atoms with E-state index in [0.717, 1.165) is 12.8 Å². The number of hydrogen-bond acceptors (Lipinski definition) is 0. The second-order valence-corrected chi connectivity index (χ2v) is 12.6. The summed E-state index contributed by atoms with van der Waals surface area (Å²) < 4.78 is 0. The van der Waals surface area contributed by atoms with E-state index in [1.807, 2.05) is 0 Å². The highest BCUT2D eigenvalue weighted by atomic mass is 14.2. The van der Waals surface area contributed by atoms with Gasteiger partial charge in [-0.25, -0.2) is 0 Å². The smallest absolute Gasteiger partial charge is 0.00201 e. The SMILES string of the molecule is CC/C(C)=C\C=C(\c1ccc(-c2c3ccccc3c(-c3ccc(C(C)C)c4ccccc34)c3ccccc23)cc1)C(C)CC. The van der Waals surface area contributed by atoms with Crippen LogP contribution < -0.4 is 0 Å². The molecule has 0 spiro atoms. The Morgan fingerprint density at radius 2 is 1.09 bits per heavy atom. The summed E-state index contributed by atoms with van der Waals surface area (Å²) in [5.41, 5.74) is 10.7. The zero-order chi connectivity index (χ0) is 30.8. The maximum atomic E-state index is 2.36. The van der Waals surface area contributed by atoms with E-state index in [0.29, 0.717) is 11.8 Å². The lowest BCUT2D eigenvalue weighted by molar-refractivity contribution is 0.717. The topological polar surface area (TPSA) is 0 Å². The summed E-state index contributed by atoms with van der Waals surface area (Å²) in [5.74, 6) is 0.967. The van der Waals surface area contributed by atoms with Crippen molar-refractivity contribution in [3.63, 3.8) is 0 Å². The highest BCUT2D eigenvalue weighted by molar-refractivity contribution is 6.23. The average molecular weight is 573 g/mol. The van der Waals surface area contributed by atoms with Gasteiger partial charge >= 0.3 is 0 Å². The van der Waals surface area contributed by atoms with Crippen molar-refractivity contribution in [1.29, 1.82) is 0 Å². The lowest BCUT2D eigenvalue weighted by atomic mass is 9.83. The Morgan fingerprint density at radius 1 is 0.568 bits per heavy atom. The summed E-state index contributed by atoms with van der Waals surface area (Å²) >= 11 is 0. The van der Waals surface area contributed by atoms with E-state index >= 15 is 0 Å². The quantitative estimate of drug-likeness (QED) is 0.126. The molecule has 1 unspecified atom stereocenters. The Kier molecular flexibility index (Phi) is 8.53. The second-order valence-electron chi connectivity index (χ2n) is 12.6. The van der Waals surface area contributed by atoms with Crippen molar-refractivity contribution in [3.8, 4) is 22.3 Å². The van der Waals surface area contributed by atoms with Crippen LogP contribution in [0.15, 0.2) is 127 Å². The molecule has 0 heteroatoms. The second kappa shape index (κ2) is 12.7. The first-order valence-corrected chi connectivity index (χ1v) is 16.4. The first-order chi connectivity index (χ1) is 21.4. The van der Waals surface area contributed by atoms with E-state index in [-0.39, 0.29) is 0 Å². The average Bonchev–Trinajstić information content (AvgIpc) is 3.06. The van der Waals surface area contributed by atoms with Gasteiger partial charge in [0.15, 0.2) is 0 Å². The van der Waals surface area contributed by atoms with E-state index in [2.05, 4.69) is 163 Å². The van der Waals surface area contributed by atoms with Gasteiger partial charge in [-0.15, -0.1) is 0 Å². The highest BCUT2D eigenvalue weighted by Crippen LogP contribution is 2.46. The molecular formula is C44H44. The largest absolute Gasteiger partial charge is 0.0736 e. The summed E-state index contributed by atoms with van der Waals surface area (Å²) in [6.07, 6.45) is 6.84. The number of allylic oxidation sites excluding steroid dienone is 4. The summed E-state index contributed by atoms with van der Waals surface area (Å²) in [6.45, 7) is 13.6. The molecule has 0 heterocycles. The van der Waals surface area contributed by atoms with Crippen molar-refractivity contribution in [3.05, 3.63) is 138 Å². The Bertz CT molecular complexity index is 1960. The van der Waals surface area contributed by atoms with Gasteiger partial charge < -0.3 is 0 Å². The molecule has 6 aromatic rings. The zero-order valence-electron chi connectivity index (χ0n) is 27.1. The molecule has 0 nitrogen and oxygen atoms in total. The molecule has 0 aromatic heterocycles. The number of benzene rings is 6. The molecule has 0 saturated carbocycles. The monoisotopic (exact) mass is 572 g/mol. The zero-order valence-corrected chi connectivity index (χ0v) is 27.1. The van der Waals surface area contributed by atoms with Gasteiger partial charge in [0.2, 0.25) is 0 Å². The van der Waals surface area contributed by atoms with Crippen LogP contribution in [0.4, 0.5) is 0 Å². The molecule has 6 aromatic carbocycles. The van der Waals surface area contributed by atoms with E-state index in [4.69, 9.17) is 0 Å². The summed E-state index contributed by atoms with van der Waals surface area (Å²) in [5, 5.41) is 7.86. The highest BCUT2D eigenvalue weighted by Gasteiger charge is 2.19. The van der Waals surface area contributed by atoms with Crippen LogP contribution in [-0.4, -0.2) is 0 Å².